The first kappa shape index (κ1) is 22.0. The molecule has 2 N–H and O–H groups in total. The third kappa shape index (κ3) is 4.53. The Bertz CT molecular complexity index is 1020. The van der Waals surface area contributed by atoms with Crippen molar-refractivity contribution >= 4 is 16.8 Å². The number of nitrogens with zero attached hydrogens (tertiary/aromatic N) is 2. The molecule has 2 fully saturated rings. The number of carbonyl (C=O) groups is 1. The van der Waals surface area contributed by atoms with E-state index in [0.717, 1.165) is 54.4 Å². The second-order valence-corrected chi connectivity index (χ2v) is 9.35. The Morgan fingerprint density at radius 3 is 2.84 bits per heavy atom. The Morgan fingerprint density at radius 1 is 1.26 bits per heavy atom. The summed E-state index contributed by atoms with van der Waals surface area (Å²) in [6.07, 6.45) is 6.08. The number of nitrogens with one attached hydrogen (secondary N) is 2. The summed E-state index contributed by atoms with van der Waals surface area (Å²) in [5.41, 5.74) is 2.71. The van der Waals surface area contributed by atoms with Crippen molar-refractivity contribution in [2.75, 3.05) is 13.7 Å². The Hall–Kier alpha value is -2.25. The Labute approximate surface area is 183 Å². The first-order valence-electron chi connectivity index (χ1n) is 11.4. The van der Waals surface area contributed by atoms with E-state index >= 15 is 0 Å². The van der Waals surface area contributed by atoms with Crippen molar-refractivity contribution in [3.05, 3.63) is 39.9 Å². The minimum absolute atomic E-state index is 0.0214. The third-order valence-corrected chi connectivity index (χ3v) is 7.23. The zero-order valence-electron chi connectivity index (χ0n) is 19.0. The van der Waals surface area contributed by atoms with Crippen LogP contribution in [0.1, 0.15) is 56.2 Å². The average molecular weight is 427 g/mol. The summed E-state index contributed by atoms with van der Waals surface area (Å²) in [6, 6.07) is 4.08. The van der Waals surface area contributed by atoms with Crippen molar-refractivity contribution < 1.29 is 9.53 Å². The Balaban J connectivity index is 1.53. The smallest absolute Gasteiger partial charge is 0.254 e. The lowest BCUT2D eigenvalue weighted by atomic mass is 9.74. The highest BCUT2D eigenvalue weighted by atomic mass is 16.5. The number of hydrogen-bond acceptors (Lipinski definition) is 5. The van der Waals surface area contributed by atoms with E-state index in [1.807, 2.05) is 32.3 Å². The molecule has 5 atom stereocenters. The zero-order valence-corrected chi connectivity index (χ0v) is 19.0. The molecular formula is C24H34N4O3. The molecule has 31 heavy (non-hydrogen) atoms. The molecule has 1 saturated heterocycles. The Kier molecular flexibility index (Phi) is 6.44. The van der Waals surface area contributed by atoms with Gasteiger partial charge in [-0.2, -0.15) is 0 Å². The number of pyridine rings is 2. The number of hydrogen-bond donors (Lipinski definition) is 2. The van der Waals surface area contributed by atoms with Crippen LogP contribution < -0.4 is 16.2 Å². The monoisotopic (exact) mass is 426 g/mol. The maximum atomic E-state index is 13.2. The lowest BCUT2D eigenvalue weighted by Gasteiger charge is -2.36. The van der Waals surface area contributed by atoms with Gasteiger partial charge in [0.05, 0.1) is 5.52 Å². The lowest BCUT2D eigenvalue weighted by molar-refractivity contribution is -0.128. The predicted molar refractivity (Wildman–Crippen MR) is 121 cm³/mol. The number of rotatable bonds is 4. The molecule has 3 heterocycles. The van der Waals surface area contributed by atoms with Crippen LogP contribution in [0.15, 0.2) is 23.1 Å². The van der Waals surface area contributed by atoms with Crippen LogP contribution in [0.2, 0.25) is 0 Å². The first-order valence-corrected chi connectivity index (χ1v) is 11.4. The fourth-order valence-corrected chi connectivity index (χ4v) is 5.26. The Morgan fingerprint density at radius 2 is 2.06 bits per heavy atom. The number of aryl methyl sites for hydroxylation is 2. The molecule has 7 heteroatoms. The fourth-order valence-electron chi connectivity index (χ4n) is 5.26. The van der Waals surface area contributed by atoms with Crippen LogP contribution in [0.25, 0.3) is 10.9 Å². The topological polar surface area (TPSA) is 85.2 Å². The second kappa shape index (κ2) is 9.09. The number of fused-ring (bicyclic) bond motifs is 1. The van der Waals surface area contributed by atoms with E-state index in [1.165, 1.54) is 0 Å². The van der Waals surface area contributed by atoms with Crippen LogP contribution in [0.4, 0.5) is 0 Å². The van der Waals surface area contributed by atoms with Crippen molar-refractivity contribution in [3.63, 3.8) is 0 Å². The molecule has 1 aliphatic heterocycles. The van der Waals surface area contributed by atoms with Gasteiger partial charge in [0.25, 0.3) is 5.56 Å². The molecule has 2 aromatic rings. The standard InChI is InChI=1S/C24H34N4O3/c1-14-5-6-18(27-23(29)16-7-8-25-22(11-16)31-4)12-19(14)20-10-17-13-26-15(2)9-21(17)28(3)24(20)30/h9-10,13-14,16,18-19,22,25H,5-8,11-12H2,1-4H3,(H,27,29). The molecule has 0 aromatic carbocycles. The molecule has 7 nitrogen and oxygen atoms in total. The van der Waals surface area contributed by atoms with Crippen molar-refractivity contribution in [1.29, 1.82) is 0 Å². The number of aromatic nitrogens is 2. The van der Waals surface area contributed by atoms with Crippen molar-refractivity contribution in [3.8, 4) is 0 Å². The molecule has 2 aliphatic rings. The van der Waals surface area contributed by atoms with Gasteiger partial charge in [0.1, 0.15) is 6.23 Å². The molecule has 0 spiro atoms. The summed E-state index contributed by atoms with van der Waals surface area (Å²) in [5, 5.41) is 7.55. The van der Waals surface area contributed by atoms with Gasteiger partial charge in [0.2, 0.25) is 5.91 Å². The van der Waals surface area contributed by atoms with Crippen LogP contribution in [0.5, 0.6) is 0 Å². The number of carbonyl (C=O) groups excluding carboxylic acids is 1. The van der Waals surface area contributed by atoms with Crippen LogP contribution in [0, 0.1) is 18.8 Å². The van der Waals surface area contributed by atoms with E-state index in [9.17, 15) is 9.59 Å². The van der Waals surface area contributed by atoms with Gasteiger partial charge in [-0.05, 0) is 69.5 Å². The number of methoxy groups -OCH3 is 1. The van der Waals surface area contributed by atoms with E-state index in [0.29, 0.717) is 12.3 Å². The van der Waals surface area contributed by atoms with E-state index in [-0.39, 0.29) is 35.6 Å². The largest absolute Gasteiger partial charge is 0.367 e. The summed E-state index contributed by atoms with van der Waals surface area (Å²) in [7, 11) is 3.51. The predicted octanol–water partition coefficient (Wildman–Crippen LogP) is 2.60. The minimum atomic E-state index is -0.0542. The van der Waals surface area contributed by atoms with Gasteiger partial charge in [-0.3, -0.25) is 19.9 Å². The van der Waals surface area contributed by atoms with Gasteiger partial charge in [-0.1, -0.05) is 6.92 Å². The molecule has 1 aliphatic carbocycles. The lowest BCUT2D eigenvalue weighted by Crippen LogP contribution is -2.48. The number of ether oxygens (including phenoxy) is 1. The van der Waals surface area contributed by atoms with Gasteiger partial charge in [-0.15, -0.1) is 0 Å². The SMILES string of the molecule is COC1CC(C(=O)NC2CCC(C)C(c3cc4cnc(C)cc4n(C)c3=O)C2)CCN1. The van der Waals surface area contributed by atoms with Gasteiger partial charge in [0, 0.05) is 49.0 Å². The summed E-state index contributed by atoms with van der Waals surface area (Å²) in [4.78, 5) is 30.5. The van der Waals surface area contributed by atoms with Crippen molar-refractivity contribution in [2.45, 2.75) is 64.1 Å². The molecule has 2 aromatic heterocycles. The second-order valence-electron chi connectivity index (χ2n) is 9.35. The summed E-state index contributed by atoms with van der Waals surface area (Å²) < 4.78 is 7.13. The fraction of sp³-hybridized carbons (Fsp3) is 0.625. The third-order valence-electron chi connectivity index (χ3n) is 7.23. The first-order chi connectivity index (χ1) is 14.9. The van der Waals surface area contributed by atoms with Crippen molar-refractivity contribution in [2.24, 2.45) is 18.9 Å². The van der Waals surface area contributed by atoms with E-state index < -0.39 is 0 Å². The highest BCUT2D eigenvalue weighted by molar-refractivity contribution is 5.80. The van der Waals surface area contributed by atoms with Gasteiger partial charge >= 0.3 is 0 Å². The molecule has 1 amide bonds. The van der Waals surface area contributed by atoms with Crippen molar-refractivity contribution in [1.82, 2.24) is 20.2 Å². The van der Waals surface area contributed by atoms with Crippen LogP contribution in [-0.4, -0.2) is 41.4 Å². The zero-order chi connectivity index (χ0) is 22.1. The summed E-state index contributed by atoms with van der Waals surface area (Å²) in [5.74, 6) is 0.622. The normalized spacial score (nSPS) is 29.1. The number of amides is 1. The molecule has 1 saturated carbocycles. The highest BCUT2D eigenvalue weighted by Gasteiger charge is 2.34. The van der Waals surface area contributed by atoms with Crippen LogP contribution in [0.3, 0.4) is 0 Å². The van der Waals surface area contributed by atoms with Crippen LogP contribution in [-0.2, 0) is 16.6 Å². The van der Waals surface area contributed by atoms with E-state index in [1.54, 1.807) is 11.7 Å². The minimum Gasteiger partial charge on any atom is -0.367 e. The maximum absolute atomic E-state index is 13.2. The molecule has 0 radical (unpaired) electrons. The van der Waals surface area contributed by atoms with E-state index in [4.69, 9.17) is 4.74 Å². The van der Waals surface area contributed by atoms with Crippen LogP contribution >= 0.6 is 0 Å². The molecule has 4 rings (SSSR count). The summed E-state index contributed by atoms with van der Waals surface area (Å²) in [6.45, 7) is 4.95. The van der Waals surface area contributed by atoms with Gasteiger partial charge < -0.3 is 14.6 Å². The molecular weight excluding hydrogens is 392 g/mol. The van der Waals surface area contributed by atoms with Gasteiger partial charge in [-0.25, -0.2) is 0 Å². The molecule has 5 unspecified atom stereocenters. The quantitative estimate of drug-likeness (QED) is 0.785. The maximum Gasteiger partial charge on any atom is 0.254 e. The number of piperidine rings is 1. The summed E-state index contributed by atoms with van der Waals surface area (Å²) >= 11 is 0. The molecule has 168 valence electrons. The van der Waals surface area contributed by atoms with Gasteiger partial charge in [0.15, 0.2) is 0 Å². The molecule has 0 bridgehead atoms. The van der Waals surface area contributed by atoms with E-state index in [2.05, 4.69) is 22.5 Å². The average Bonchev–Trinajstić information content (AvgIpc) is 2.78. The highest BCUT2D eigenvalue weighted by Crippen LogP contribution is 2.37.